The highest BCUT2D eigenvalue weighted by Crippen LogP contribution is 2.33. The van der Waals surface area contributed by atoms with Crippen LogP contribution in [0.4, 0.5) is 0 Å². The molecule has 2 aliphatic rings. The Balaban J connectivity index is 0.00000256. The van der Waals surface area contributed by atoms with Gasteiger partial charge >= 0.3 is 0 Å². The summed E-state index contributed by atoms with van der Waals surface area (Å²) in [6.45, 7) is 3.22. The van der Waals surface area contributed by atoms with Gasteiger partial charge < -0.3 is 15.5 Å². The molecular formula is C24H30ClN3O2. The molecule has 160 valence electrons. The van der Waals surface area contributed by atoms with Crippen molar-refractivity contribution >= 4 is 24.2 Å². The SMILES string of the molecule is Cl.NC[C@@H]1CN(C(=O)C2CCCN(C(=O)c3ccccc3)C2)C[C@H]1c1ccccc1. The predicted molar refractivity (Wildman–Crippen MR) is 121 cm³/mol. The van der Waals surface area contributed by atoms with E-state index in [1.807, 2.05) is 58.3 Å². The van der Waals surface area contributed by atoms with Gasteiger partial charge in [-0.1, -0.05) is 48.5 Å². The number of rotatable bonds is 4. The minimum absolute atomic E-state index is 0. The van der Waals surface area contributed by atoms with Crippen LogP contribution in [0.3, 0.4) is 0 Å². The van der Waals surface area contributed by atoms with Crippen molar-refractivity contribution in [3.63, 3.8) is 0 Å². The molecule has 1 unspecified atom stereocenters. The summed E-state index contributed by atoms with van der Waals surface area (Å²) in [7, 11) is 0. The van der Waals surface area contributed by atoms with Crippen molar-refractivity contribution in [2.45, 2.75) is 18.8 Å². The summed E-state index contributed by atoms with van der Waals surface area (Å²) in [4.78, 5) is 29.9. The van der Waals surface area contributed by atoms with Crippen molar-refractivity contribution in [3.05, 3.63) is 71.8 Å². The molecule has 0 spiro atoms. The number of piperidine rings is 1. The molecule has 2 saturated heterocycles. The van der Waals surface area contributed by atoms with Gasteiger partial charge in [0.25, 0.3) is 5.91 Å². The number of likely N-dealkylation sites (tertiary alicyclic amines) is 2. The molecule has 2 amide bonds. The minimum Gasteiger partial charge on any atom is -0.341 e. The van der Waals surface area contributed by atoms with Crippen LogP contribution in [0.1, 0.15) is 34.7 Å². The maximum absolute atomic E-state index is 13.3. The standard InChI is InChI=1S/C24H29N3O2.ClH/c25-14-21-16-27(17-22(21)18-8-3-1-4-9-18)24(29)20-12-7-13-26(15-20)23(28)19-10-5-2-6-11-19;/h1-6,8-11,20-22H,7,12-17,25H2;1H/t20?,21-,22+;/m1./s1. The highest BCUT2D eigenvalue weighted by atomic mass is 35.5. The fourth-order valence-corrected chi connectivity index (χ4v) is 4.75. The van der Waals surface area contributed by atoms with Gasteiger partial charge in [-0.05, 0) is 43.0 Å². The maximum atomic E-state index is 13.3. The largest absolute Gasteiger partial charge is 0.341 e. The second-order valence-corrected chi connectivity index (χ2v) is 8.21. The monoisotopic (exact) mass is 427 g/mol. The van der Waals surface area contributed by atoms with E-state index in [4.69, 9.17) is 5.73 Å². The molecule has 2 aromatic carbocycles. The second kappa shape index (κ2) is 10.1. The Hall–Kier alpha value is -2.37. The van der Waals surface area contributed by atoms with Crippen LogP contribution < -0.4 is 5.73 Å². The number of carbonyl (C=O) groups is 2. The molecule has 0 radical (unpaired) electrons. The van der Waals surface area contributed by atoms with E-state index in [2.05, 4.69) is 12.1 Å². The van der Waals surface area contributed by atoms with Gasteiger partial charge in [-0.3, -0.25) is 9.59 Å². The van der Waals surface area contributed by atoms with Crippen LogP contribution in [0, 0.1) is 11.8 Å². The zero-order valence-electron chi connectivity index (χ0n) is 17.2. The topological polar surface area (TPSA) is 66.6 Å². The molecule has 2 N–H and O–H groups in total. The summed E-state index contributed by atoms with van der Waals surface area (Å²) in [5.74, 6) is 0.645. The third-order valence-electron chi connectivity index (χ3n) is 6.36. The quantitative estimate of drug-likeness (QED) is 0.814. The molecule has 2 fully saturated rings. The first-order chi connectivity index (χ1) is 14.2. The summed E-state index contributed by atoms with van der Waals surface area (Å²) >= 11 is 0. The number of benzene rings is 2. The third kappa shape index (κ3) is 4.68. The lowest BCUT2D eigenvalue weighted by Gasteiger charge is -2.34. The van der Waals surface area contributed by atoms with Crippen LogP contribution in [0.5, 0.6) is 0 Å². The zero-order chi connectivity index (χ0) is 20.2. The Labute approximate surface area is 184 Å². The maximum Gasteiger partial charge on any atom is 0.253 e. The Morgan fingerprint density at radius 1 is 0.900 bits per heavy atom. The van der Waals surface area contributed by atoms with Gasteiger partial charge in [-0.25, -0.2) is 0 Å². The van der Waals surface area contributed by atoms with Gasteiger partial charge in [0.05, 0.1) is 5.92 Å². The average molecular weight is 428 g/mol. The van der Waals surface area contributed by atoms with Crippen LogP contribution in [0.15, 0.2) is 60.7 Å². The van der Waals surface area contributed by atoms with Crippen molar-refractivity contribution in [1.82, 2.24) is 9.80 Å². The summed E-state index contributed by atoms with van der Waals surface area (Å²) in [6, 6.07) is 19.7. The molecule has 2 heterocycles. The second-order valence-electron chi connectivity index (χ2n) is 8.21. The fraction of sp³-hybridized carbons (Fsp3) is 0.417. The number of nitrogens with zero attached hydrogens (tertiary/aromatic N) is 2. The Bertz CT molecular complexity index is 846. The molecule has 6 heteroatoms. The summed E-state index contributed by atoms with van der Waals surface area (Å²) < 4.78 is 0. The third-order valence-corrected chi connectivity index (χ3v) is 6.36. The van der Waals surface area contributed by atoms with Crippen LogP contribution in [0.2, 0.25) is 0 Å². The van der Waals surface area contributed by atoms with E-state index in [1.165, 1.54) is 5.56 Å². The summed E-state index contributed by atoms with van der Waals surface area (Å²) in [6.07, 6.45) is 1.71. The smallest absolute Gasteiger partial charge is 0.253 e. The Kier molecular flexibility index (Phi) is 7.51. The van der Waals surface area contributed by atoms with Crippen LogP contribution in [0.25, 0.3) is 0 Å². The van der Waals surface area contributed by atoms with Crippen molar-refractivity contribution in [2.75, 3.05) is 32.7 Å². The van der Waals surface area contributed by atoms with Crippen LogP contribution in [-0.2, 0) is 4.79 Å². The zero-order valence-corrected chi connectivity index (χ0v) is 18.0. The number of hydrogen-bond acceptors (Lipinski definition) is 3. The van der Waals surface area contributed by atoms with E-state index in [1.54, 1.807) is 0 Å². The van der Waals surface area contributed by atoms with Gasteiger partial charge in [0.15, 0.2) is 0 Å². The lowest BCUT2D eigenvalue weighted by Crippen LogP contribution is -2.46. The molecule has 0 bridgehead atoms. The van der Waals surface area contributed by atoms with E-state index in [-0.39, 0.29) is 42.0 Å². The number of halogens is 1. The van der Waals surface area contributed by atoms with Crippen molar-refractivity contribution < 1.29 is 9.59 Å². The van der Waals surface area contributed by atoms with E-state index in [9.17, 15) is 9.59 Å². The van der Waals surface area contributed by atoms with Gasteiger partial charge in [-0.2, -0.15) is 0 Å². The predicted octanol–water partition coefficient (Wildman–Crippen LogP) is 3.16. The molecule has 5 nitrogen and oxygen atoms in total. The number of amides is 2. The fourth-order valence-electron chi connectivity index (χ4n) is 4.75. The summed E-state index contributed by atoms with van der Waals surface area (Å²) in [5.41, 5.74) is 7.98. The molecule has 0 aromatic heterocycles. The number of nitrogens with two attached hydrogens (primary N) is 1. The first-order valence-electron chi connectivity index (χ1n) is 10.6. The van der Waals surface area contributed by atoms with Gasteiger partial charge in [0, 0.05) is 37.7 Å². The Morgan fingerprint density at radius 2 is 1.57 bits per heavy atom. The van der Waals surface area contributed by atoms with Crippen molar-refractivity contribution in [1.29, 1.82) is 0 Å². The van der Waals surface area contributed by atoms with Gasteiger partial charge in [-0.15, -0.1) is 12.4 Å². The highest BCUT2D eigenvalue weighted by Gasteiger charge is 2.39. The number of carbonyl (C=O) groups excluding carboxylic acids is 2. The molecule has 2 aromatic rings. The molecular weight excluding hydrogens is 398 g/mol. The van der Waals surface area contributed by atoms with E-state index < -0.39 is 0 Å². The highest BCUT2D eigenvalue weighted by molar-refractivity contribution is 5.94. The summed E-state index contributed by atoms with van der Waals surface area (Å²) in [5, 5.41) is 0. The molecule has 0 saturated carbocycles. The molecule has 4 rings (SSSR count). The van der Waals surface area contributed by atoms with E-state index in [0.29, 0.717) is 31.7 Å². The van der Waals surface area contributed by atoms with Gasteiger partial charge in [0.1, 0.15) is 0 Å². The molecule has 3 atom stereocenters. The Morgan fingerprint density at radius 3 is 2.23 bits per heavy atom. The van der Waals surface area contributed by atoms with Crippen LogP contribution in [-0.4, -0.2) is 54.3 Å². The van der Waals surface area contributed by atoms with Gasteiger partial charge in [0.2, 0.25) is 5.91 Å². The molecule has 30 heavy (non-hydrogen) atoms. The number of hydrogen-bond donors (Lipinski definition) is 1. The minimum atomic E-state index is -0.121. The van der Waals surface area contributed by atoms with Crippen molar-refractivity contribution in [3.8, 4) is 0 Å². The molecule has 2 aliphatic heterocycles. The van der Waals surface area contributed by atoms with Crippen molar-refractivity contribution in [2.24, 2.45) is 17.6 Å². The van der Waals surface area contributed by atoms with E-state index >= 15 is 0 Å². The normalized spacial score (nSPS) is 23.7. The first-order valence-corrected chi connectivity index (χ1v) is 10.6. The van der Waals surface area contributed by atoms with Crippen LogP contribution >= 0.6 is 12.4 Å². The lowest BCUT2D eigenvalue weighted by atomic mass is 9.89. The molecule has 0 aliphatic carbocycles. The first kappa shape index (κ1) is 22.3. The lowest BCUT2D eigenvalue weighted by molar-refractivity contribution is -0.136. The van der Waals surface area contributed by atoms with E-state index in [0.717, 1.165) is 19.4 Å². The average Bonchev–Trinajstić information content (AvgIpc) is 3.24.